The Morgan fingerprint density at radius 3 is 2.82 bits per heavy atom. The number of halogens is 1. The highest BCUT2D eigenvalue weighted by Crippen LogP contribution is 2.53. The lowest BCUT2D eigenvalue weighted by Gasteiger charge is -1.98. The van der Waals surface area contributed by atoms with Crippen molar-refractivity contribution in [3.05, 3.63) is 47.8 Å². The van der Waals surface area contributed by atoms with E-state index in [0.717, 1.165) is 17.9 Å². The molecule has 88 valence electrons. The molecule has 1 fully saturated rings. The topological polar surface area (TPSA) is 41.6 Å². The number of nitrogens with one attached hydrogen (secondary N) is 1. The fraction of sp³-hybridized carbons (Fsp3) is 0.385. The highest BCUT2D eigenvalue weighted by molar-refractivity contribution is 5.23. The van der Waals surface area contributed by atoms with E-state index in [1.165, 1.54) is 5.56 Å². The van der Waals surface area contributed by atoms with Gasteiger partial charge in [-0.05, 0) is 31.0 Å². The summed E-state index contributed by atoms with van der Waals surface area (Å²) in [6.45, 7) is 1.63. The van der Waals surface area contributed by atoms with Crippen LogP contribution >= 0.6 is 0 Å². The van der Waals surface area contributed by atoms with Gasteiger partial charge in [0, 0.05) is 30.7 Å². The minimum Gasteiger partial charge on any atom is -0.345 e. The molecule has 1 aliphatic rings. The van der Waals surface area contributed by atoms with Crippen molar-refractivity contribution in [1.82, 2.24) is 15.0 Å². The van der Waals surface area contributed by atoms with E-state index in [4.69, 9.17) is 0 Å². The van der Waals surface area contributed by atoms with Gasteiger partial charge in [-0.15, -0.1) is 0 Å². The first-order chi connectivity index (χ1) is 8.15. The van der Waals surface area contributed by atoms with Crippen molar-refractivity contribution in [3.8, 4) is 0 Å². The van der Waals surface area contributed by atoms with E-state index >= 15 is 0 Å². The third-order valence-electron chi connectivity index (χ3n) is 3.29. The number of hydrogen-bond acceptors (Lipinski definition) is 2. The molecule has 0 bridgehead atoms. The molecule has 2 heterocycles. The maximum Gasteiger partial charge on any atom is 0.119 e. The summed E-state index contributed by atoms with van der Waals surface area (Å²) >= 11 is 0. The van der Waals surface area contributed by atoms with E-state index in [1.807, 2.05) is 12.1 Å². The molecule has 0 aliphatic heterocycles. The highest BCUT2D eigenvalue weighted by Gasteiger charge is 2.53. The zero-order valence-electron chi connectivity index (χ0n) is 9.65. The molecule has 0 radical (unpaired) electrons. The Bertz CT molecular complexity index is 518. The molecule has 1 saturated carbocycles. The molecular formula is C13H14FN3. The van der Waals surface area contributed by atoms with Gasteiger partial charge in [0.1, 0.15) is 11.5 Å². The minimum absolute atomic E-state index is 0.0475. The summed E-state index contributed by atoms with van der Waals surface area (Å²) in [6, 6.07) is 3.94. The predicted molar refractivity (Wildman–Crippen MR) is 62.5 cm³/mol. The number of pyridine rings is 1. The summed E-state index contributed by atoms with van der Waals surface area (Å²) in [5.41, 5.74) is 1.13. The van der Waals surface area contributed by atoms with Crippen molar-refractivity contribution in [2.24, 2.45) is 0 Å². The number of hydrogen-bond donors (Lipinski definition) is 1. The van der Waals surface area contributed by atoms with Gasteiger partial charge in [-0.2, -0.15) is 0 Å². The van der Waals surface area contributed by atoms with Crippen molar-refractivity contribution in [1.29, 1.82) is 0 Å². The molecular weight excluding hydrogens is 217 g/mol. The first-order valence-corrected chi connectivity index (χ1v) is 5.77. The van der Waals surface area contributed by atoms with E-state index in [1.54, 1.807) is 25.5 Å². The molecule has 17 heavy (non-hydrogen) atoms. The Hall–Kier alpha value is -1.71. The van der Waals surface area contributed by atoms with Crippen LogP contribution in [-0.4, -0.2) is 20.6 Å². The third-order valence-corrected chi connectivity index (χ3v) is 3.29. The van der Waals surface area contributed by atoms with E-state index < -0.39 is 5.67 Å². The lowest BCUT2D eigenvalue weighted by molar-refractivity contribution is 0.326. The van der Waals surface area contributed by atoms with Crippen LogP contribution in [-0.2, 0) is 6.42 Å². The van der Waals surface area contributed by atoms with Crippen LogP contribution < -0.4 is 0 Å². The normalized spacial score (nSPS) is 27.1. The van der Waals surface area contributed by atoms with Gasteiger partial charge in [-0.25, -0.2) is 9.37 Å². The van der Waals surface area contributed by atoms with Gasteiger partial charge in [0.05, 0.1) is 5.92 Å². The predicted octanol–water partition coefficient (Wildman–Crippen LogP) is 2.61. The molecule has 3 rings (SSSR count). The Balaban J connectivity index is 1.74. The Labute approximate surface area is 99.1 Å². The molecule has 0 amide bonds. The van der Waals surface area contributed by atoms with Crippen LogP contribution in [0.3, 0.4) is 0 Å². The lowest BCUT2D eigenvalue weighted by atomic mass is 10.1. The number of aromatic amines is 1. The fourth-order valence-electron chi connectivity index (χ4n) is 2.09. The summed E-state index contributed by atoms with van der Waals surface area (Å²) in [4.78, 5) is 11.4. The molecule has 4 heteroatoms. The van der Waals surface area contributed by atoms with Gasteiger partial charge in [-0.3, -0.25) is 4.98 Å². The van der Waals surface area contributed by atoms with Crippen LogP contribution in [0.5, 0.6) is 0 Å². The third kappa shape index (κ3) is 2.07. The molecule has 0 aromatic carbocycles. The minimum atomic E-state index is -1.06. The van der Waals surface area contributed by atoms with Crippen LogP contribution in [0.4, 0.5) is 4.39 Å². The molecule has 2 atom stereocenters. The fourth-order valence-corrected chi connectivity index (χ4v) is 2.09. The first kappa shape index (κ1) is 10.4. The molecule has 0 unspecified atom stereocenters. The zero-order chi connectivity index (χ0) is 11.9. The molecule has 2 aromatic rings. The van der Waals surface area contributed by atoms with Crippen LogP contribution in [0.25, 0.3) is 0 Å². The zero-order valence-corrected chi connectivity index (χ0v) is 9.65. The number of H-pyrrole nitrogens is 1. The van der Waals surface area contributed by atoms with E-state index in [2.05, 4.69) is 15.0 Å². The quantitative estimate of drug-likeness (QED) is 0.882. The van der Waals surface area contributed by atoms with Crippen molar-refractivity contribution >= 4 is 0 Å². The number of aromatic nitrogens is 3. The van der Waals surface area contributed by atoms with E-state index in [0.29, 0.717) is 6.42 Å². The summed E-state index contributed by atoms with van der Waals surface area (Å²) in [7, 11) is 0. The van der Waals surface area contributed by atoms with Gasteiger partial charge >= 0.3 is 0 Å². The SMILES string of the molecule is C[C@@]1(F)C[C@@H]1c1ncc(Cc2ccncc2)[nH]1. The number of nitrogens with zero attached hydrogens (tertiary/aromatic N) is 2. The second kappa shape index (κ2) is 3.65. The van der Waals surface area contributed by atoms with Crippen LogP contribution in [0.1, 0.15) is 36.3 Å². The average molecular weight is 231 g/mol. The largest absolute Gasteiger partial charge is 0.345 e. The number of alkyl halides is 1. The summed E-state index contributed by atoms with van der Waals surface area (Å²) < 4.78 is 13.5. The highest BCUT2D eigenvalue weighted by atomic mass is 19.1. The molecule has 1 N–H and O–H groups in total. The van der Waals surface area contributed by atoms with Gasteiger partial charge in [0.15, 0.2) is 0 Å². The van der Waals surface area contributed by atoms with Gasteiger partial charge in [0.2, 0.25) is 0 Å². The monoisotopic (exact) mass is 231 g/mol. The molecule has 3 nitrogen and oxygen atoms in total. The second-order valence-electron chi connectivity index (χ2n) is 4.86. The van der Waals surface area contributed by atoms with Crippen molar-refractivity contribution in [3.63, 3.8) is 0 Å². The smallest absolute Gasteiger partial charge is 0.119 e. The molecule has 1 aliphatic carbocycles. The Morgan fingerprint density at radius 1 is 1.47 bits per heavy atom. The van der Waals surface area contributed by atoms with Crippen LogP contribution in [0, 0.1) is 0 Å². The van der Waals surface area contributed by atoms with E-state index in [-0.39, 0.29) is 5.92 Å². The van der Waals surface area contributed by atoms with E-state index in [9.17, 15) is 4.39 Å². The van der Waals surface area contributed by atoms with Gasteiger partial charge in [0.25, 0.3) is 0 Å². The lowest BCUT2D eigenvalue weighted by Crippen LogP contribution is -1.97. The Kier molecular flexibility index (Phi) is 2.24. The molecule has 0 spiro atoms. The van der Waals surface area contributed by atoms with Gasteiger partial charge < -0.3 is 4.98 Å². The summed E-state index contributed by atoms with van der Waals surface area (Å²) in [5, 5.41) is 0. The van der Waals surface area contributed by atoms with Crippen molar-refractivity contribution < 1.29 is 4.39 Å². The standard InChI is InChI=1S/C13H14FN3/c1-13(14)7-11(13)12-16-8-10(17-12)6-9-2-4-15-5-3-9/h2-5,8,11H,6-7H2,1H3,(H,16,17)/t11-,13-/m1/s1. The second-order valence-corrected chi connectivity index (χ2v) is 4.86. The van der Waals surface area contributed by atoms with Crippen LogP contribution in [0.15, 0.2) is 30.7 Å². The maximum atomic E-state index is 13.5. The Morgan fingerprint density at radius 2 is 2.18 bits per heavy atom. The maximum absolute atomic E-state index is 13.5. The summed E-state index contributed by atoms with van der Waals surface area (Å²) in [5.74, 6) is 0.729. The molecule has 0 saturated heterocycles. The number of rotatable bonds is 3. The van der Waals surface area contributed by atoms with Crippen molar-refractivity contribution in [2.75, 3.05) is 0 Å². The van der Waals surface area contributed by atoms with Crippen molar-refractivity contribution in [2.45, 2.75) is 31.4 Å². The first-order valence-electron chi connectivity index (χ1n) is 5.77. The molecule has 2 aromatic heterocycles. The average Bonchev–Trinajstić information content (AvgIpc) is 2.74. The van der Waals surface area contributed by atoms with Crippen LogP contribution in [0.2, 0.25) is 0 Å². The van der Waals surface area contributed by atoms with Gasteiger partial charge in [-0.1, -0.05) is 0 Å². The number of imidazole rings is 1. The summed E-state index contributed by atoms with van der Waals surface area (Å²) in [6.07, 6.45) is 6.70.